The summed E-state index contributed by atoms with van der Waals surface area (Å²) in [5.74, 6) is 0.966. The van der Waals surface area contributed by atoms with Gasteiger partial charge >= 0.3 is 0 Å². The fourth-order valence-corrected chi connectivity index (χ4v) is 1.70. The summed E-state index contributed by atoms with van der Waals surface area (Å²) in [4.78, 5) is 0. The molecule has 0 saturated carbocycles. The molecule has 1 rings (SSSR count). The predicted molar refractivity (Wildman–Crippen MR) is 69.0 cm³/mol. The van der Waals surface area contributed by atoms with E-state index in [4.69, 9.17) is 4.74 Å². The average Bonchev–Trinajstić information content (AvgIpc) is 2.29. The van der Waals surface area contributed by atoms with E-state index in [-0.39, 0.29) is 6.10 Å². The highest BCUT2D eigenvalue weighted by molar-refractivity contribution is 5.27. The predicted octanol–water partition coefficient (Wildman–Crippen LogP) is 3.01. The summed E-state index contributed by atoms with van der Waals surface area (Å²) in [6.07, 6.45) is 2.34. The Balaban J connectivity index is 2.46. The van der Waals surface area contributed by atoms with Gasteiger partial charge in [-0.1, -0.05) is 19.1 Å². The molecule has 0 aliphatic heterocycles. The number of benzene rings is 1. The Labute approximate surface area is 99.0 Å². The molecule has 90 valence electrons. The van der Waals surface area contributed by atoms with Crippen LogP contribution in [0, 0.1) is 0 Å². The third-order valence-corrected chi connectivity index (χ3v) is 2.85. The first-order chi connectivity index (χ1) is 7.65. The highest BCUT2D eigenvalue weighted by Gasteiger charge is 2.08. The standard InChI is InChI=1S/C14H23NO/c1-5-13-6-8-14(9-7-13)16-12(3)10-11(2)15-4/h6-9,11-12,15H,5,10H2,1-4H3. The lowest BCUT2D eigenvalue weighted by Gasteiger charge is -2.18. The molecule has 0 fully saturated rings. The highest BCUT2D eigenvalue weighted by atomic mass is 16.5. The molecule has 0 bridgehead atoms. The van der Waals surface area contributed by atoms with E-state index in [0.29, 0.717) is 6.04 Å². The van der Waals surface area contributed by atoms with Crippen molar-refractivity contribution >= 4 is 0 Å². The van der Waals surface area contributed by atoms with E-state index in [9.17, 15) is 0 Å². The Morgan fingerprint density at radius 1 is 1.19 bits per heavy atom. The maximum Gasteiger partial charge on any atom is 0.119 e. The third-order valence-electron chi connectivity index (χ3n) is 2.85. The molecule has 0 radical (unpaired) electrons. The van der Waals surface area contributed by atoms with Crippen LogP contribution in [0.15, 0.2) is 24.3 Å². The zero-order chi connectivity index (χ0) is 12.0. The first kappa shape index (κ1) is 13.0. The summed E-state index contributed by atoms with van der Waals surface area (Å²) >= 11 is 0. The van der Waals surface area contributed by atoms with E-state index < -0.39 is 0 Å². The van der Waals surface area contributed by atoms with Crippen LogP contribution in [-0.2, 0) is 6.42 Å². The summed E-state index contributed by atoms with van der Waals surface area (Å²) in [7, 11) is 1.98. The van der Waals surface area contributed by atoms with E-state index >= 15 is 0 Å². The van der Waals surface area contributed by atoms with Crippen LogP contribution in [0.5, 0.6) is 5.75 Å². The van der Waals surface area contributed by atoms with Gasteiger partial charge in [0, 0.05) is 6.04 Å². The maximum atomic E-state index is 5.85. The van der Waals surface area contributed by atoms with Crippen molar-refractivity contribution in [3.05, 3.63) is 29.8 Å². The lowest BCUT2D eigenvalue weighted by atomic mass is 10.1. The average molecular weight is 221 g/mol. The molecule has 1 aromatic carbocycles. The van der Waals surface area contributed by atoms with Gasteiger partial charge < -0.3 is 10.1 Å². The molecule has 2 heteroatoms. The number of hydrogen-bond acceptors (Lipinski definition) is 2. The van der Waals surface area contributed by atoms with Crippen molar-refractivity contribution in [1.29, 1.82) is 0 Å². The fraction of sp³-hybridized carbons (Fsp3) is 0.571. The van der Waals surface area contributed by atoms with E-state index in [1.165, 1.54) is 5.56 Å². The molecule has 0 aliphatic carbocycles. The van der Waals surface area contributed by atoms with Gasteiger partial charge in [-0.3, -0.25) is 0 Å². The van der Waals surface area contributed by atoms with Gasteiger partial charge in [0.05, 0.1) is 6.10 Å². The minimum Gasteiger partial charge on any atom is -0.491 e. The lowest BCUT2D eigenvalue weighted by molar-refractivity contribution is 0.198. The van der Waals surface area contributed by atoms with Crippen LogP contribution in [0.1, 0.15) is 32.8 Å². The van der Waals surface area contributed by atoms with Crippen molar-refractivity contribution in [2.45, 2.75) is 45.8 Å². The van der Waals surface area contributed by atoms with Crippen molar-refractivity contribution in [1.82, 2.24) is 5.32 Å². The lowest BCUT2D eigenvalue weighted by Crippen LogP contribution is -2.28. The number of rotatable bonds is 6. The second-order valence-corrected chi connectivity index (χ2v) is 4.35. The molecular formula is C14H23NO. The minimum atomic E-state index is 0.245. The molecule has 2 nitrogen and oxygen atoms in total. The van der Waals surface area contributed by atoms with Crippen LogP contribution in [0.3, 0.4) is 0 Å². The second kappa shape index (κ2) is 6.54. The smallest absolute Gasteiger partial charge is 0.119 e. The molecule has 0 spiro atoms. The van der Waals surface area contributed by atoms with Gasteiger partial charge in [0.2, 0.25) is 0 Å². The van der Waals surface area contributed by atoms with Crippen LogP contribution < -0.4 is 10.1 Å². The first-order valence-electron chi connectivity index (χ1n) is 6.08. The zero-order valence-corrected chi connectivity index (χ0v) is 10.8. The maximum absolute atomic E-state index is 5.85. The van der Waals surface area contributed by atoms with Gasteiger partial charge in [-0.25, -0.2) is 0 Å². The molecule has 2 unspecified atom stereocenters. The van der Waals surface area contributed by atoms with Crippen molar-refractivity contribution in [3.63, 3.8) is 0 Å². The molecule has 1 N–H and O–H groups in total. The first-order valence-corrected chi connectivity index (χ1v) is 6.08. The van der Waals surface area contributed by atoms with Crippen LogP contribution in [0.25, 0.3) is 0 Å². The number of nitrogens with one attached hydrogen (secondary N) is 1. The largest absolute Gasteiger partial charge is 0.491 e. The van der Waals surface area contributed by atoms with Gasteiger partial charge in [0.15, 0.2) is 0 Å². The molecule has 2 atom stereocenters. The Morgan fingerprint density at radius 3 is 2.31 bits per heavy atom. The molecule has 16 heavy (non-hydrogen) atoms. The van der Waals surface area contributed by atoms with Gasteiger partial charge in [-0.05, 0) is 51.4 Å². The summed E-state index contributed by atoms with van der Waals surface area (Å²) in [6.45, 7) is 6.44. The Hall–Kier alpha value is -1.02. The summed E-state index contributed by atoms with van der Waals surface area (Å²) in [5.41, 5.74) is 1.35. The van der Waals surface area contributed by atoms with Crippen LogP contribution in [0.4, 0.5) is 0 Å². The summed E-state index contributed by atoms with van der Waals surface area (Å²) in [6, 6.07) is 8.86. The second-order valence-electron chi connectivity index (χ2n) is 4.35. The quantitative estimate of drug-likeness (QED) is 0.797. The Morgan fingerprint density at radius 2 is 1.81 bits per heavy atom. The molecular weight excluding hydrogens is 198 g/mol. The molecule has 1 aromatic rings. The van der Waals surface area contributed by atoms with Gasteiger partial charge in [0.1, 0.15) is 5.75 Å². The van der Waals surface area contributed by atoms with Crippen LogP contribution >= 0.6 is 0 Å². The molecule has 0 aromatic heterocycles. The van der Waals surface area contributed by atoms with Crippen molar-refractivity contribution < 1.29 is 4.74 Å². The molecule has 0 aliphatic rings. The van der Waals surface area contributed by atoms with E-state index in [1.807, 2.05) is 7.05 Å². The monoisotopic (exact) mass is 221 g/mol. The summed E-state index contributed by atoms with van der Waals surface area (Å²) < 4.78 is 5.85. The van der Waals surface area contributed by atoms with Gasteiger partial charge in [-0.15, -0.1) is 0 Å². The van der Waals surface area contributed by atoms with E-state index in [0.717, 1.165) is 18.6 Å². The van der Waals surface area contributed by atoms with Crippen molar-refractivity contribution in [2.24, 2.45) is 0 Å². The normalized spacial score (nSPS) is 14.5. The van der Waals surface area contributed by atoms with Crippen molar-refractivity contribution in [3.8, 4) is 5.75 Å². The van der Waals surface area contributed by atoms with Crippen molar-refractivity contribution in [2.75, 3.05) is 7.05 Å². The van der Waals surface area contributed by atoms with E-state index in [2.05, 4.69) is 50.4 Å². The van der Waals surface area contributed by atoms with Crippen LogP contribution in [0.2, 0.25) is 0 Å². The van der Waals surface area contributed by atoms with E-state index in [1.54, 1.807) is 0 Å². The molecule has 0 amide bonds. The van der Waals surface area contributed by atoms with Crippen LogP contribution in [-0.4, -0.2) is 19.2 Å². The number of aryl methyl sites for hydroxylation is 1. The fourth-order valence-electron chi connectivity index (χ4n) is 1.70. The Bertz CT molecular complexity index is 294. The molecule has 0 heterocycles. The van der Waals surface area contributed by atoms with Gasteiger partial charge in [0.25, 0.3) is 0 Å². The number of hydrogen-bond donors (Lipinski definition) is 1. The minimum absolute atomic E-state index is 0.245. The topological polar surface area (TPSA) is 21.3 Å². The zero-order valence-electron chi connectivity index (χ0n) is 10.8. The Kier molecular flexibility index (Phi) is 5.33. The summed E-state index contributed by atoms with van der Waals surface area (Å²) in [5, 5.41) is 3.22. The number of ether oxygens (including phenoxy) is 1. The van der Waals surface area contributed by atoms with Gasteiger partial charge in [-0.2, -0.15) is 0 Å². The highest BCUT2D eigenvalue weighted by Crippen LogP contribution is 2.15. The SMILES string of the molecule is CCc1ccc(OC(C)CC(C)NC)cc1. The molecule has 0 saturated heterocycles. The third kappa shape index (κ3) is 4.23.